The van der Waals surface area contributed by atoms with Crippen molar-refractivity contribution < 1.29 is 29.5 Å². The molecule has 1 aliphatic heterocycles. The van der Waals surface area contributed by atoms with Crippen LogP contribution in [-0.2, 0) is 19.2 Å². The lowest BCUT2D eigenvalue weighted by molar-refractivity contribution is -0.152. The van der Waals surface area contributed by atoms with Crippen LogP contribution in [0.4, 0.5) is 0 Å². The van der Waals surface area contributed by atoms with Crippen LogP contribution in [0.5, 0.6) is 0 Å². The van der Waals surface area contributed by atoms with E-state index >= 15 is 0 Å². The lowest BCUT2D eigenvalue weighted by Crippen LogP contribution is -2.49. The van der Waals surface area contributed by atoms with Crippen molar-refractivity contribution in [1.82, 2.24) is 10.4 Å². The van der Waals surface area contributed by atoms with E-state index in [0.29, 0.717) is 4.90 Å². The number of carboxylic acids is 1. The topological polar surface area (TPSA) is 124 Å². The summed E-state index contributed by atoms with van der Waals surface area (Å²) in [4.78, 5) is 44.8. The largest absolute Gasteiger partial charge is 0.481 e. The molecular formula is C8H10N2O6. The molecule has 3 N–H and O–H groups in total. The number of carbonyl (C=O) groups excluding carboxylic acids is 3. The van der Waals surface area contributed by atoms with Gasteiger partial charge in [0.2, 0.25) is 11.8 Å². The van der Waals surface area contributed by atoms with Crippen molar-refractivity contribution in [2.24, 2.45) is 0 Å². The summed E-state index contributed by atoms with van der Waals surface area (Å²) in [5.41, 5.74) is 1.24. The number of aliphatic carboxylic acids is 1. The normalized spacial score (nSPS) is 17.4. The number of rotatable bonds is 4. The molecule has 0 bridgehead atoms. The minimum Gasteiger partial charge on any atom is -0.481 e. The molecule has 0 radical (unpaired) electrons. The van der Waals surface area contributed by atoms with Gasteiger partial charge < -0.3 is 5.11 Å². The maximum absolute atomic E-state index is 11.3. The van der Waals surface area contributed by atoms with Gasteiger partial charge in [-0.3, -0.25) is 29.3 Å². The minimum absolute atomic E-state index is 0.0480. The van der Waals surface area contributed by atoms with Crippen molar-refractivity contribution in [2.75, 3.05) is 0 Å². The number of imide groups is 1. The molecule has 16 heavy (non-hydrogen) atoms. The molecule has 1 rings (SSSR count). The zero-order chi connectivity index (χ0) is 12.3. The molecule has 3 amide bonds. The van der Waals surface area contributed by atoms with Crippen LogP contribution in [0.25, 0.3) is 0 Å². The Bertz CT molecular complexity index is 336. The molecule has 0 aliphatic carbocycles. The molecule has 88 valence electrons. The number of hydroxylamine groups is 1. The minimum atomic E-state index is -1.50. The molecule has 1 unspecified atom stereocenters. The average Bonchev–Trinajstić information content (AvgIpc) is 2.54. The highest BCUT2D eigenvalue weighted by atomic mass is 16.5. The highest BCUT2D eigenvalue weighted by Crippen LogP contribution is 2.17. The highest BCUT2D eigenvalue weighted by molar-refractivity contribution is 6.06. The van der Waals surface area contributed by atoms with Gasteiger partial charge in [0.05, 0.1) is 6.42 Å². The first-order valence-corrected chi connectivity index (χ1v) is 4.48. The van der Waals surface area contributed by atoms with Crippen LogP contribution in [0.3, 0.4) is 0 Å². The number of carboxylic acid groups (broad SMARTS) is 1. The van der Waals surface area contributed by atoms with Crippen LogP contribution in [0.1, 0.15) is 19.3 Å². The van der Waals surface area contributed by atoms with E-state index in [1.165, 1.54) is 5.48 Å². The number of nitrogens with zero attached hydrogens (tertiary/aromatic N) is 1. The van der Waals surface area contributed by atoms with Crippen LogP contribution in [-0.4, -0.2) is 44.9 Å². The van der Waals surface area contributed by atoms with Crippen LogP contribution >= 0.6 is 0 Å². The van der Waals surface area contributed by atoms with Crippen LogP contribution in [0.2, 0.25) is 0 Å². The first-order valence-electron chi connectivity index (χ1n) is 4.48. The molecule has 0 aromatic carbocycles. The van der Waals surface area contributed by atoms with Gasteiger partial charge in [0.1, 0.15) is 6.04 Å². The Balaban J connectivity index is 2.91. The Morgan fingerprint density at radius 3 is 2.19 bits per heavy atom. The second-order valence-corrected chi connectivity index (χ2v) is 3.25. The van der Waals surface area contributed by atoms with Gasteiger partial charge >= 0.3 is 5.97 Å². The first kappa shape index (κ1) is 12.1. The molecule has 1 aliphatic rings. The van der Waals surface area contributed by atoms with E-state index in [2.05, 4.69) is 0 Å². The van der Waals surface area contributed by atoms with Gasteiger partial charge in [-0.05, 0) is 0 Å². The number of nitrogens with one attached hydrogen (secondary N) is 1. The zero-order valence-electron chi connectivity index (χ0n) is 8.17. The molecule has 0 aromatic heterocycles. The monoisotopic (exact) mass is 230 g/mol. The Hall–Kier alpha value is -1.96. The molecule has 8 heteroatoms. The molecule has 1 saturated heterocycles. The standard InChI is InChI=1S/C8H10N2O6/c11-5-1-2-6(12)10(5)4(3-7(13)14)8(15)9-16/h4,16H,1-3H2,(H,9,15)(H,13,14). The quantitative estimate of drug-likeness (QED) is 0.306. The summed E-state index contributed by atoms with van der Waals surface area (Å²) in [5, 5.41) is 17.0. The summed E-state index contributed by atoms with van der Waals surface area (Å²) in [7, 11) is 0. The fourth-order valence-electron chi connectivity index (χ4n) is 1.48. The number of carbonyl (C=O) groups is 4. The smallest absolute Gasteiger partial charge is 0.306 e. The van der Waals surface area contributed by atoms with Gasteiger partial charge in [0.15, 0.2) is 0 Å². The van der Waals surface area contributed by atoms with Gasteiger partial charge in [0.25, 0.3) is 5.91 Å². The van der Waals surface area contributed by atoms with Gasteiger partial charge in [-0.1, -0.05) is 0 Å². The number of hydrogen-bond acceptors (Lipinski definition) is 5. The fourth-order valence-corrected chi connectivity index (χ4v) is 1.48. The highest BCUT2D eigenvalue weighted by Gasteiger charge is 2.39. The van der Waals surface area contributed by atoms with Crippen LogP contribution in [0.15, 0.2) is 0 Å². The molecule has 0 saturated carbocycles. The Morgan fingerprint density at radius 2 is 1.81 bits per heavy atom. The van der Waals surface area contributed by atoms with Crippen LogP contribution in [0, 0.1) is 0 Å². The molecule has 1 atom stereocenters. The summed E-state index contributed by atoms with van der Waals surface area (Å²) >= 11 is 0. The maximum Gasteiger partial charge on any atom is 0.306 e. The molecular weight excluding hydrogens is 220 g/mol. The summed E-state index contributed by atoms with van der Waals surface area (Å²) in [6.45, 7) is 0. The van der Waals surface area contributed by atoms with Gasteiger partial charge in [-0.15, -0.1) is 0 Å². The second-order valence-electron chi connectivity index (χ2n) is 3.25. The van der Waals surface area contributed by atoms with Crippen molar-refractivity contribution in [2.45, 2.75) is 25.3 Å². The summed E-state index contributed by atoms with van der Waals surface area (Å²) < 4.78 is 0. The fraction of sp³-hybridized carbons (Fsp3) is 0.500. The van der Waals surface area contributed by atoms with Gasteiger partial charge in [-0.2, -0.15) is 0 Å². The number of amides is 3. The predicted molar refractivity (Wildman–Crippen MR) is 47.1 cm³/mol. The lowest BCUT2D eigenvalue weighted by Gasteiger charge is -2.22. The maximum atomic E-state index is 11.3. The molecule has 0 spiro atoms. The SMILES string of the molecule is O=C(O)CC(C(=O)NO)N1C(=O)CCC1=O. The van der Waals surface area contributed by atoms with E-state index in [4.69, 9.17) is 10.3 Å². The van der Waals surface area contributed by atoms with Crippen molar-refractivity contribution in [3.8, 4) is 0 Å². The first-order chi connectivity index (χ1) is 7.47. The van der Waals surface area contributed by atoms with E-state index in [1.54, 1.807) is 0 Å². The molecule has 1 heterocycles. The average molecular weight is 230 g/mol. The second kappa shape index (κ2) is 4.71. The van der Waals surface area contributed by atoms with E-state index in [1.807, 2.05) is 0 Å². The number of hydrogen-bond donors (Lipinski definition) is 3. The number of likely N-dealkylation sites (tertiary alicyclic amines) is 1. The lowest BCUT2D eigenvalue weighted by atomic mass is 10.1. The van der Waals surface area contributed by atoms with E-state index in [0.717, 1.165) is 0 Å². The Labute approximate surface area is 89.8 Å². The molecule has 0 aromatic rings. The summed E-state index contributed by atoms with van der Waals surface area (Å²) in [6, 6.07) is -1.50. The third-order valence-corrected chi connectivity index (χ3v) is 2.18. The third-order valence-electron chi connectivity index (χ3n) is 2.18. The summed E-state index contributed by atoms with van der Waals surface area (Å²) in [5.74, 6) is -3.66. The van der Waals surface area contributed by atoms with Crippen molar-refractivity contribution >= 4 is 23.7 Å². The molecule has 8 nitrogen and oxygen atoms in total. The van der Waals surface area contributed by atoms with Crippen molar-refractivity contribution in [1.29, 1.82) is 0 Å². The van der Waals surface area contributed by atoms with Crippen LogP contribution < -0.4 is 5.48 Å². The zero-order valence-corrected chi connectivity index (χ0v) is 8.17. The van der Waals surface area contributed by atoms with Gasteiger partial charge in [-0.25, -0.2) is 5.48 Å². The van der Waals surface area contributed by atoms with Gasteiger partial charge in [0, 0.05) is 12.8 Å². The Morgan fingerprint density at radius 1 is 1.31 bits per heavy atom. The predicted octanol–water partition coefficient (Wildman–Crippen LogP) is -1.52. The van der Waals surface area contributed by atoms with E-state index in [-0.39, 0.29) is 12.8 Å². The molecule has 1 fully saturated rings. The summed E-state index contributed by atoms with van der Waals surface area (Å²) in [6.07, 6.45) is -0.828. The van der Waals surface area contributed by atoms with Crippen molar-refractivity contribution in [3.63, 3.8) is 0 Å². The Kier molecular flexibility index (Phi) is 3.56. The third kappa shape index (κ3) is 2.34. The van der Waals surface area contributed by atoms with Crippen molar-refractivity contribution in [3.05, 3.63) is 0 Å². The van der Waals surface area contributed by atoms with E-state index in [9.17, 15) is 19.2 Å². The van der Waals surface area contributed by atoms with E-state index < -0.39 is 36.2 Å².